The number of nitrogens with zero attached hydrogens (tertiary/aromatic N) is 2. The zero-order valence-corrected chi connectivity index (χ0v) is 12.6. The number of anilines is 1. The molecule has 0 spiro atoms. The van der Waals surface area contributed by atoms with E-state index < -0.39 is 0 Å². The predicted octanol–water partition coefficient (Wildman–Crippen LogP) is 3.76. The highest BCUT2D eigenvalue weighted by Gasteiger charge is 2.19. The summed E-state index contributed by atoms with van der Waals surface area (Å²) < 4.78 is 5.97. The summed E-state index contributed by atoms with van der Waals surface area (Å²) >= 11 is 0. The molecule has 3 aromatic rings. The lowest BCUT2D eigenvalue weighted by Gasteiger charge is -2.34. The first kappa shape index (κ1) is 13.4. The van der Waals surface area contributed by atoms with Gasteiger partial charge in [0.05, 0.1) is 0 Å². The van der Waals surface area contributed by atoms with E-state index in [1.165, 1.54) is 10.9 Å². The number of piperazine rings is 1. The molecule has 0 aliphatic carbocycles. The average Bonchev–Trinajstić information content (AvgIpc) is 3.00. The SMILES string of the molecule is c1ccc(CN2CCN(c3cc4ccccc4o3)CC2)cc1. The van der Waals surface area contributed by atoms with E-state index in [9.17, 15) is 0 Å². The van der Waals surface area contributed by atoms with Crippen LogP contribution in [0.2, 0.25) is 0 Å². The van der Waals surface area contributed by atoms with E-state index in [0.29, 0.717) is 0 Å². The van der Waals surface area contributed by atoms with Crippen molar-refractivity contribution in [3.8, 4) is 0 Å². The van der Waals surface area contributed by atoms with Crippen LogP contribution in [0, 0.1) is 0 Å². The molecule has 1 aromatic heterocycles. The van der Waals surface area contributed by atoms with Crippen LogP contribution < -0.4 is 4.90 Å². The van der Waals surface area contributed by atoms with Gasteiger partial charge in [0.1, 0.15) is 5.58 Å². The predicted molar refractivity (Wildman–Crippen MR) is 90.1 cm³/mol. The highest BCUT2D eigenvalue weighted by molar-refractivity contribution is 5.80. The standard InChI is InChI=1S/C19H20N2O/c1-2-6-16(7-3-1)15-20-10-12-21(13-11-20)19-14-17-8-4-5-9-18(17)22-19/h1-9,14H,10-13,15H2. The normalized spacial score (nSPS) is 16.3. The molecule has 0 bridgehead atoms. The molecule has 3 heteroatoms. The molecule has 1 aliphatic heterocycles. The van der Waals surface area contributed by atoms with Crippen LogP contribution >= 0.6 is 0 Å². The van der Waals surface area contributed by atoms with Crippen molar-refractivity contribution in [2.75, 3.05) is 31.1 Å². The number of fused-ring (bicyclic) bond motifs is 1. The van der Waals surface area contributed by atoms with Gasteiger partial charge in [-0.1, -0.05) is 48.5 Å². The van der Waals surface area contributed by atoms with Crippen LogP contribution in [0.1, 0.15) is 5.56 Å². The Morgan fingerprint density at radius 3 is 2.32 bits per heavy atom. The Balaban J connectivity index is 1.41. The Morgan fingerprint density at radius 2 is 1.55 bits per heavy atom. The van der Waals surface area contributed by atoms with Crippen LogP contribution in [0.25, 0.3) is 11.0 Å². The lowest BCUT2D eigenvalue weighted by molar-refractivity contribution is 0.246. The molecule has 3 nitrogen and oxygen atoms in total. The van der Waals surface area contributed by atoms with Gasteiger partial charge < -0.3 is 9.32 Å². The Kier molecular flexibility index (Phi) is 3.57. The van der Waals surface area contributed by atoms with Crippen molar-refractivity contribution in [2.45, 2.75) is 6.54 Å². The van der Waals surface area contributed by atoms with Crippen molar-refractivity contribution in [3.05, 3.63) is 66.2 Å². The zero-order valence-electron chi connectivity index (χ0n) is 12.6. The highest BCUT2D eigenvalue weighted by Crippen LogP contribution is 2.26. The van der Waals surface area contributed by atoms with Crippen LogP contribution in [0.15, 0.2) is 65.1 Å². The van der Waals surface area contributed by atoms with Crippen LogP contribution in [0.3, 0.4) is 0 Å². The summed E-state index contributed by atoms with van der Waals surface area (Å²) in [6, 6.07) is 21.1. The van der Waals surface area contributed by atoms with E-state index >= 15 is 0 Å². The van der Waals surface area contributed by atoms with Gasteiger partial charge in [-0.05, 0) is 11.6 Å². The summed E-state index contributed by atoms with van der Waals surface area (Å²) in [4.78, 5) is 4.86. The molecule has 4 rings (SSSR count). The summed E-state index contributed by atoms with van der Waals surface area (Å²) in [5.41, 5.74) is 2.36. The second kappa shape index (κ2) is 5.85. The largest absolute Gasteiger partial charge is 0.441 e. The first-order valence-corrected chi connectivity index (χ1v) is 7.88. The summed E-state index contributed by atoms with van der Waals surface area (Å²) in [7, 11) is 0. The maximum absolute atomic E-state index is 5.97. The number of hydrogen-bond donors (Lipinski definition) is 0. The third kappa shape index (κ3) is 2.72. The zero-order chi connectivity index (χ0) is 14.8. The van der Waals surface area contributed by atoms with E-state index in [1.54, 1.807) is 0 Å². The van der Waals surface area contributed by atoms with Gasteiger partial charge in [0.25, 0.3) is 0 Å². The maximum atomic E-state index is 5.97. The van der Waals surface area contributed by atoms with Crippen LogP contribution in [-0.2, 0) is 6.54 Å². The van der Waals surface area contributed by atoms with Gasteiger partial charge in [0.15, 0.2) is 5.88 Å². The van der Waals surface area contributed by atoms with Gasteiger partial charge in [0.2, 0.25) is 0 Å². The maximum Gasteiger partial charge on any atom is 0.196 e. The van der Waals surface area contributed by atoms with Gasteiger partial charge in [-0.3, -0.25) is 4.90 Å². The van der Waals surface area contributed by atoms with Crippen molar-refractivity contribution in [2.24, 2.45) is 0 Å². The van der Waals surface area contributed by atoms with Crippen molar-refractivity contribution >= 4 is 16.9 Å². The van der Waals surface area contributed by atoms with Crippen LogP contribution in [-0.4, -0.2) is 31.1 Å². The van der Waals surface area contributed by atoms with Gasteiger partial charge in [-0.25, -0.2) is 0 Å². The molecular formula is C19H20N2O. The molecule has 0 unspecified atom stereocenters. The van der Waals surface area contributed by atoms with Crippen molar-refractivity contribution < 1.29 is 4.42 Å². The second-order valence-corrected chi connectivity index (χ2v) is 5.87. The Bertz CT molecular complexity index is 709. The summed E-state index contributed by atoms with van der Waals surface area (Å²) in [5, 5.41) is 1.18. The lowest BCUT2D eigenvalue weighted by atomic mass is 10.2. The fourth-order valence-corrected chi connectivity index (χ4v) is 3.09. The number of para-hydroxylation sites is 1. The number of hydrogen-bond acceptors (Lipinski definition) is 3. The molecule has 2 heterocycles. The van der Waals surface area contributed by atoms with Gasteiger partial charge >= 0.3 is 0 Å². The molecule has 1 fully saturated rings. The van der Waals surface area contributed by atoms with E-state index in [4.69, 9.17) is 4.42 Å². The Morgan fingerprint density at radius 1 is 0.818 bits per heavy atom. The minimum absolute atomic E-state index is 0.976. The minimum atomic E-state index is 0.976. The van der Waals surface area contributed by atoms with Gasteiger partial charge in [-0.2, -0.15) is 0 Å². The fourth-order valence-electron chi connectivity index (χ4n) is 3.09. The molecule has 0 radical (unpaired) electrons. The van der Waals surface area contributed by atoms with E-state index in [2.05, 4.69) is 58.3 Å². The lowest BCUT2D eigenvalue weighted by Crippen LogP contribution is -2.45. The third-order valence-corrected chi connectivity index (χ3v) is 4.35. The Hall–Kier alpha value is -2.26. The molecule has 1 aliphatic rings. The second-order valence-electron chi connectivity index (χ2n) is 5.87. The Labute approximate surface area is 130 Å². The molecule has 2 aromatic carbocycles. The van der Waals surface area contributed by atoms with E-state index in [-0.39, 0.29) is 0 Å². The number of benzene rings is 2. The monoisotopic (exact) mass is 292 g/mol. The van der Waals surface area contributed by atoms with Crippen molar-refractivity contribution in [3.63, 3.8) is 0 Å². The molecule has 0 atom stereocenters. The smallest absolute Gasteiger partial charge is 0.196 e. The van der Waals surface area contributed by atoms with Gasteiger partial charge in [-0.15, -0.1) is 0 Å². The van der Waals surface area contributed by atoms with Crippen LogP contribution in [0.4, 0.5) is 5.88 Å². The first-order valence-electron chi connectivity index (χ1n) is 7.88. The molecule has 112 valence electrons. The molecule has 0 amide bonds. The average molecular weight is 292 g/mol. The highest BCUT2D eigenvalue weighted by atomic mass is 16.4. The summed E-state index contributed by atoms with van der Waals surface area (Å²) in [6.07, 6.45) is 0. The van der Waals surface area contributed by atoms with E-state index in [1.807, 2.05) is 12.1 Å². The third-order valence-electron chi connectivity index (χ3n) is 4.35. The van der Waals surface area contributed by atoms with Crippen LogP contribution in [0.5, 0.6) is 0 Å². The van der Waals surface area contributed by atoms with Gasteiger partial charge in [0, 0.05) is 44.2 Å². The quantitative estimate of drug-likeness (QED) is 0.733. The number of furan rings is 1. The molecule has 0 N–H and O–H groups in total. The minimum Gasteiger partial charge on any atom is -0.441 e. The molecular weight excluding hydrogens is 272 g/mol. The fraction of sp³-hybridized carbons (Fsp3) is 0.263. The molecule has 22 heavy (non-hydrogen) atoms. The molecule has 1 saturated heterocycles. The molecule has 0 saturated carbocycles. The number of rotatable bonds is 3. The first-order chi connectivity index (χ1) is 10.9. The topological polar surface area (TPSA) is 19.6 Å². The summed E-state index contributed by atoms with van der Waals surface area (Å²) in [6.45, 7) is 5.23. The van der Waals surface area contributed by atoms with Crippen molar-refractivity contribution in [1.82, 2.24) is 4.90 Å². The summed E-state index contributed by atoms with van der Waals surface area (Å²) in [5.74, 6) is 1.00. The van der Waals surface area contributed by atoms with E-state index in [0.717, 1.165) is 44.2 Å². The van der Waals surface area contributed by atoms with Crippen molar-refractivity contribution in [1.29, 1.82) is 0 Å².